The van der Waals surface area contributed by atoms with Crippen molar-refractivity contribution in [2.45, 2.75) is 13.5 Å². The standard InChI is InChI=1S/C15H18N8OS/c1-2-23-14-12(19-20-23)13(16-10-17-14)21-5-7-22(8-6-21)15(24)18-11-4-3-9-25-11/h3-4,9-10H,2,5-8H2,1H3,(H,18,24). The molecule has 0 atom stereocenters. The smallest absolute Gasteiger partial charge is 0.322 e. The Bertz CT molecular complexity index is 869. The molecule has 2 amide bonds. The molecule has 25 heavy (non-hydrogen) atoms. The van der Waals surface area contributed by atoms with Gasteiger partial charge >= 0.3 is 6.03 Å². The highest BCUT2D eigenvalue weighted by Gasteiger charge is 2.24. The van der Waals surface area contributed by atoms with Crippen LogP contribution in [0.15, 0.2) is 23.8 Å². The average Bonchev–Trinajstić information content (AvgIpc) is 3.30. The number of piperazine rings is 1. The van der Waals surface area contributed by atoms with Crippen LogP contribution in [0.3, 0.4) is 0 Å². The summed E-state index contributed by atoms with van der Waals surface area (Å²) in [7, 11) is 0. The molecule has 0 aromatic carbocycles. The molecule has 0 unspecified atom stereocenters. The molecule has 3 aromatic rings. The van der Waals surface area contributed by atoms with E-state index in [0.717, 1.165) is 16.5 Å². The normalized spacial score (nSPS) is 14.9. The fraction of sp³-hybridized carbons (Fsp3) is 0.400. The molecule has 0 spiro atoms. The Morgan fingerprint density at radius 3 is 2.84 bits per heavy atom. The maximum absolute atomic E-state index is 12.3. The van der Waals surface area contributed by atoms with E-state index in [9.17, 15) is 4.79 Å². The number of amides is 2. The van der Waals surface area contributed by atoms with Crippen molar-refractivity contribution < 1.29 is 4.79 Å². The third-order valence-corrected chi connectivity index (χ3v) is 4.98. The highest BCUT2D eigenvalue weighted by atomic mass is 32.1. The molecule has 10 heteroatoms. The van der Waals surface area contributed by atoms with Gasteiger partial charge in [0.1, 0.15) is 6.33 Å². The Hall–Kier alpha value is -2.75. The van der Waals surface area contributed by atoms with E-state index < -0.39 is 0 Å². The summed E-state index contributed by atoms with van der Waals surface area (Å²) in [5.74, 6) is 0.781. The number of hydrogen-bond donors (Lipinski definition) is 1. The maximum Gasteiger partial charge on any atom is 0.322 e. The van der Waals surface area contributed by atoms with Gasteiger partial charge in [0.15, 0.2) is 17.0 Å². The lowest BCUT2D eigenvalue weighted by molar-refractivity contribution is 0.208. The van der Waals surface area contributed by atoms with E-state index in [1.54, 1.807) is 11.0 Å². The first kappa shape index (κ1) is 15.8. The number of thiophene rings is 1. The quantitative estimate of drug-likeness (QED) is 0.765. The minimum Gasteiger partial charge on any atom is -0.351 e. The molecular formula is C15H18N8OS. The van der Waals surface area contributed by atoms with Gasteiger partial charge in [-0.1, -0.05) is 5.21 Å². The predicted octanol–water partition coefficient (Wildman–Crippen LogP) is 1.66. The third kappa shape index (κ3) is 3.00. The second-order valence-electron chi connectivity index (χ2n) is 5.66. The van der Waals surface area contributed by atoms with Crippen LogP contribution < -0.4 is 10.2 Å². The number of nitrogens with zero attached hydrogens (tertiary/aromatic N) is 7. The van der Waals surface area contributed by atoms with Crippen LogP contribution in [0.1, 0.15) is 6.92 Å². The van der Waals surface area contributed by atoms with E-state index in [2.05, 4.69) is 30.5 Å². The zero-order valence-electron chi connectivity index (χ0n) is 13.8. The van der Waals surface area contributed by atoms with E-state index in [1.165, 1.54) is 11.3 Å². The van der Waals surface area contributed by atoms with E-state index in [4.69, 9.17) is 0 Å². The molecule has 1 N–H and O–H groups in total. The highest BCUT2D eigenvalue weighted by molar-refractivity contribution is 7.14. The van der Waals surface area contributed by atoms with Crippen LogP contribution in [0.5, 0.6) is 0 Å². The highest BCUT2D eigenvalue weighted by Crippen LogP contribution is 2.22. The predicted molar refractivity (Wildman–Crippen MR) is 95.9 cm³/mol. The Balaban J connectivity index is 1.45. The van der Waals surface area contributed by atoms with Crippen LogP contribution in [0.4, 0.5) is 15.6 Å². The maximum atomic E-state index is 12.3. The van der Waals surface area contributed by atoms with Gasteiger partial charge in [-0.25, -0.2) is 19.4 Å². The summed E-state index contributed by atoms with van der Waals surface area (Å²) in [6.45, 7) is 5.37. The fourth-order valence-electron chi connectivity index (χ4n) is 2.88. The van der Waals surface area contributed by atoms with Gasteiger partial charge in [0.2, 0.25) is 0 Å². The van der Waals surface area contributed by atoms with Gasteiger partial charge in [-0.3, -0.25) is 5.32 Å². The van der Waals surface area contributed by atoms with Crippen molar-refractivity contribution >= 4 is 39.4 Å². The van der Waals surface area contributed by atoms with Gasteiger partial charge in [-0.05, 0) is 24.4 Å². The van der Waals surface area contributed by atoms with Crippen LogP contribution in [-0.2, 0) is 6.54 Å². The molecule has 1 fully saturated rings. The van der Waals surface area contributed by atoms with E-state index in [1.807, 2.05) is 29.3 Å². The first-order valence-corrected chi connectivity index (χ1v) is 9.03. The number of hydrogen-bond acceptors (Lipinski definition) is 7. The number of aryl methyl sites for hydroxylation is 1. The Morgan fingerprint density at radius 2 is 2.12 bits per heavy atom. The molecule has 4 rings (SSSR count). The zero-order chi connectivity index (χ0) is 17.2. The molecule has 0 saturated carbocycles. The summed E-state index contributed by atoms with van der Waals surface area (Å²) in [6.07, 6.45) is 1.54. The van der Waals surface area contributed by atoms with Crippen molar-refractivity contribution in [3.8, 4) is 0 Å². The van der Waals surface area contributed by atoms with Gasteiger partial charge in [0.25, 0.3) is 0 Å². The van der Waals surface area contributed by atoms with Crippen LogP contribution in [-0.4, -0.2) is 62.1 Å². The molecule has 130 valence electrons. The second-order valence-corrected chi connectivity index (χ2v) is 6.60. The SMILES string of the molecule is CCn1nnc2c(N3CCN(C(=O)Nc4cccs4)CC3)ncnc21. The van der Waals surface area contributed by atoms with Gasteiger partial charge in [0, 0.05) is 32.7 Å². The van der Waals surface area contributed by atoms with Crippen molar-refractivity contribution in [1.82, 2.24) is 29.9 Å². The van der Waals surface area contributed by atoms with Gasteiger partial charge in [-0.15, -0.1) is 16.4 Å². The summed E-state index contributed by atoms with van der Waals surface area (Å²) in [6, 6.07) is 3.75. The van der Waals surface area contributed by atoms with Crippen LogP contribution in [0.25, 0.3) is 11.2 Å². The lowest BCUT2D eigenvalue weighted by atomic mass is 10.3. The van der Waals surface area contributed by atoms with Crippen LogP contribution in [0, 0.1) is 0 Å². The molecule has 0 aliphatic carbocycles. The summed E-state index contributed by atoms with van der Waals surface area (Å²) < 4.78 is 1.76. The third-order valence-electron chi connectivity index (χ3n) is 4.20. The van der Waals surface area contributed by atoms with Gasteiger partial charge < -0.3 is 9.80 Å². The molecule has 1 saturated heterocycles. The lowest BCUT2D eigenvalue weighted by Gasteiger charge is -2.35. The number of carbonyl (C=O) groups is 1. The monoisotopic (exact) mass is 358 g/mol. The van der Waals surface area contributed by atoms with E-state index in [-0.39, 0.29) is 6.03 Å². The summed E-state index contributed by atoms with van der Waals surface area (Å²) in [5.41, 5.74) is 1.45. The van der Waals surface area contributed by atoms with E-state index >= 15 is 0 Å². The van der Waals surface area contributed by atoms with Crippen molar-refractivity contribution in [1.29, 1.82) is 0 Å². The molecule has 1 aliphatic heterocycles. The van der Waals surface area contributed by atoms with Crippen LogP contribution in [0.2, 0.25) is 0 Å². The minimum absolute atomic E-state index is 0.0631. The topological polar surface area (TPSA) is 92.1 Å². The number of anilines is 2. The first-order valence-electron chi connectivity index (χ1n) is 8.15. The lowest BCUT2D eigenvalue weighted by Crippen LogP contribution is -2.50. The summed E-state index contributed by atoms with van der Waals surface area (Å²) in [5, 5.41) is 14.1. The number of carbonyl (C=O) groups excluding carboxylic acids is 1. The molecular weight excluding hydrogens is 340 g/mol. The molecule has 3 aromatic heterocycles. The van der Waals surface area contributed by atoms with E-state index in [0.29, 0.717) is 38.2 Å². The summed E-state index contributed by atoms with van der Waals surface area (Å²) >= 11 is 1.52. The molecule has 0 bridgehead atoms. The largest absolute Gasteiger partial charge is 0.351 e. The Kier molecular flexibility index (Phi) is 4.18. The van der Waals surface area contributed by atoms with Crippen molar-refractivity contribution in [2.24, 2.45) is 0 Å². The molecule has 0 radical (unpaired) electrons. The minimum atomic E-state index is -0.0631. The molecule has 9 nitrogen and oxygen atoms in total. The number of fused-ring (bicyclic) bond motifs is 1. The Morgan fingerprint density at radius 1 is 1.28 bits per heavy atom. The average molecular weight is 358 g/mol. The van der Waals surface area contributed by atoms with Gasteiger partial charge in [-0.2, -0.15) is 0 Å². The zero-order valence-corrected chi connectivity index (χ0v) is 14.6. The number of urea groups is 1. The van der Waals surface area contributed by atoms with Gasteiger partial charge in [0.05, 0.1) is 5.00 Å². The Labute approximate surface area is 148 Å². The van der Waals surface area contributed by atoms with Crippen molar-refractivity contribution in [3.05, 3.63) is 23.8 Å². The number of rotatable bonds is 3. The number of nitrogens with one attached hydrogen (secondary N) is 1. The van der Waals surface area contributed by atoms with Crippen molar-refractivity contribution in [3.63, 3.8) is 0 Å². The fourth-order valence-corrected chi connectivity index (χ4v) is 3.49. The molecule has 1 aliphatic rings. The second kappa shape index (κ2) is 6.63. The molecule has 4 heterocycles. The van der Waals surface area contributed by atoms with Crippen molar-refractivity contribution in [2.75, 3.05) is 36.4 Å². The first-order chi connectivity index (χ1) is 12.3. The van der Waals surface area contributed by atoms with Crippen LogP contribution >= 0.6 is 11.3 Å². The number of aromatic nitrogens is 5. The summed E-state index contributed by atoms with van der Waals surface area (Å²) in [4.78, 5) is 24.9.